The van der Waals surface area contributed by atoms with Crippen molar-refractivity contribution in [2.45, 2.75) is 25.8 Å². The number of piperidine rings is 1. The van der Waals surface area contributed by atoms with Crippen LogP contribution in [0.25, 0.3) is 0 Å². The smallest absolute Gasteiger partial charge is 0.278 e. The summed E-state index contributed by atoms with van der Waals surface area (Å²) >= 11 is 0. The van der Waals surface area contributed by atoms with Crippen LogP contribution in [-0.2, 0) is 4.79 Å². The number of carbonyl (C=O) groups excluding carboxylic acids is 1. The molecule has 2 heterocycles. The Morgan fingerprint density at radius 1 is 1.26 bits per heavy atom. The van der Waals surface area contributed by atoms with E-state index in [9.17, 15) is 14.9 Å². The lowest BCUT2D eigenvalue weighted by Gasteiger charge is -2.36. The molecule has 0 bridgehead atoms. The van der Waals surface area contributed by atoms with Gasteiger partial charge < -0.3 is 19.5 Å². The van der Waals surface area contributed by atoms with Gasteiger partial charge in [0.2, 0.25) is 12.7 Å². The van der Waals surface area contributed by atoms with Crippen molar-refractivity contribution >= 4 is 17.3 Å². The van der Waals surface area contributed by atoms with E-state index in [0.717, 1.165) is 12.8 Å². The van der Waals surface area contributed by atoms with Crippen molar-refractivity contribution in [1.29, 1.82) is 0 Å². The molecule has 9 nitrogen and oxygen atoms in total. The number of fused-ring (bicyclic) bond motifs is 1. The number of anilines is 1. The van der Waals surface area contributed by atoms with Gasteiger partial charge in [-0.3, -0.25) is 19.8 Å². The Kier molecular flexibility index (Phi) is 5.94. The molecule has 2 atom stereocenters. The lowest BCUT2D eigenvalue weighted by Crippen LogP contribution is -2.43. The van der Waals surface area contributed by atoms with Crippen LogP contribution in [0.3, 0.4) is 0 Å². The lowest BCUT2D eigenvalue weighted by molar-refractivity contribution is -0.386. The summed E-state index contributed by atoms with van der Waals surface area (Å²) in [5, 5.41) is 14.8. The number of nitrogens with one attached hydrogen (secondary N) is 1. The molecule has 2 aliphatic heterocycles. The number of nitro benzene ring substituents is 1. The highest BCUT2D eigenvalue weighted by molar-refractivity contribution is 5.96. The number of benzene rings is 2. The van der Waals surface area contributed by atoms with E-state index >= 15 is 0 Å². The molecule has 1 N–H and O–H groups in total. The number of amides is 1. The Hall–Kier alpha value is -3.33. The molecule has 0 aromatic heterocycles. The Morgan fingerprint density at radius 3 is 2.61 bits per heavy atom. The zero-order valence-electron chi connectivity index (χ0n) is 17.5. The highest BCUT2D eigenvalue weighted by Gasteiger charge is 2.37. The Labute approximate surface area is 180 Å². The molecule has 0 radical (unpaired) electrons. The first-order valence-corrected chi connectivity index (χ1v) is 10.2. The zero-order chi connectivity index (χ0) is 22.0. The van der Waals surface area contributed by atoms with Crippen molar-refractivity contribution in [3.05, 3.63) is 52.1 Å². The molecule has 0 saturated carbocycles. The van der Waals surface area contributed by atoms with Gasteiger partial charge in [0.15, 0.2) is 11.5 Å². The molecule has 164 valence electrons. The molecule has 4 rings (SSSR count). The van der Waals surface area contributed by atoms with Gasteiger partial charge in [0.1, 0.15) is 11.8 Å². The van der Waals surface area contributed by atoms with Crippen LogP contribution in [-0.4, -0.2) is 42.7 Å². The monoisotopic (exact) mass is 427 g/mol. The Morgan fingerprint density at radius 2 is 1.97 bits per heavy atom. The molecule has 0 aliphatic carbocycles. The first kappa shape index (κ1) is 20.9. The molecule has 0 unspecified atom stereocenters. The van der Waals surface area contributed by atoms with Gasteiger partial charge in [0.05, 0.1) is 23.7 Å². The van der Waals surface area contributed by atoms with E-state index in [1.807, 2.05) is 4.90 Å². The molecule has 31 heavy (non-hydrogen) atoms. The van der Waals surface area contributed by atoms with E-state index in [4.69, 9.17) is 14.2 Å². The lowest BCUT2D eigenvalue weighted by atomic mass is 9.94. The summed E-state index contributed by atoms with van der Waals surface area (Å²) in [4.78, 5) is 26.9. The van der Waals surface area contributed by atoms with E-state index in [-0.39, 0.29) is 18.4 Å². The predicted octanol–water partition coefficient (Wildman–Crippen LogP) is 3.74. The summed E-state index contributed by atoms with van der Waals surface area (Å²) in [6.45, 7) is 3.47. The van der Waals surface area contributed by atoms with Crippen LogP contribution in [0.5, 0.6) is 17.2 Å². The minimum absolute atomic E-state index is 0.000595. The third kappa shape index (κ3) is 4.41. The second kappa shape index (κ2) is 8.81. The van der Waals surface area contributed by atoms with E-state index in [1.165, 1.54) is 6.07 Å². The SMILES string of the molecule is COc1ccc(NC(=O)[C@H](c2cc3c(cc2[N+](=O)[O-])OCO3)N2CCC[C@H](C)C2)cc1. The number of ether oxygens (including phenoxy) is 3. The number of hydrogen-bond donors (Lipinski definition) is 1. The fraction of sp³-hybridized carbons (Fsp3) is 0.409. The van der Waals surface area contributed by atoms with Crippen LogP contribution in [0, 0.1) is 16.0 Å². The normalized spacial score (nSPS) is 19.0. The minimum Gasteiger partial charge on any atom is -0.497 e. The summed E-state index contributed by atoms with van der Waals surface area (Å²) < 4.78 is 15.9. The van der Waals surface area contributed by atoms with Gasteiger partial charge in [0, 0.05) is 12.2 Å². The van der Waals surface area contributed by atoms with Crippen molar-refractivity contribution in [3.8, 4) is 17.2 Å². The van der Waals surface area contributed by atoms with E-state index in [1.54, 1.807) is 37.4 Å². The topological polar surface area (TPSA) is 103 Å². The van der Waals surface area contributed by atoms with Gasteiger partial charge in [-0.2, -0.15) is 0 Å². The standard InChI is InChI=1S/C22H25N3O6/c1-14-4-3-9-24(12-14)21(22(26)23-15-5-7-16(29-2)8-6-15)17-10-19-20(31-13-30-19)11-18(17)25(27)28/h5-8,10-11,14,21H,3-4,9,12-13H2,1-2H3,(H,23,26)/t14-,21-/m0/s1. The third-order valence-electron chi connectivity index (χ3n) is 5.67. The quantitative estimate of drug-likeness (QED) is 0.553. The largest absolute Gasteiger partial charge is 0.497 e. The van der Waals surface area contributed by atoms with E-state index in [2.05, 4.69) is 12.2 Å². The van der Waals surface area contributed by atoms with Crippen LogP contribution in [0.15, 0.2) is 36.4 Å². The summed E-state index contributed by atoms with van der Waals surface area (Å²) in [5.74, 6) is 1.45. The molecule has 2 aliphatic rings. The van der Waals surface area contributed by atoms with Crippen LogP contribution in [0.1, 0.15) is 31.4 Å². The van der Waals surface area contributed by atoms with Crippen molar-refractivity contribution in [2.24, 2.45) is 5.92 Å². The van der Waals surface area contributed by atoms with Gasteiger partial charge in [-0.25, -0.2) is 0 Å². The Bertz CT molecular complexity index is 978. The number of hydrogen-bond acceptors (Lipinski definition) is 7. The molecular weight excluding hydrogens is 402 g/mol. The van der Waals surface area contributed by atoms with Gasteiger partial charge in [-0.15, -0.1) is 0 Å². The fourth-order valence-electron chi connectivity index (χ4n) is 4.17. The van der Waals surface area contributed by atoms with Crippen LogP contribution < -0.4 is 19.5 Å². The third-order valence-corrected chi connectivity index (χ3v) is 5.67. The molecule has 2 aromatic carbocycles. The highest BCUT2D eigenvalue weighted by Crippen LogP contribution is 2.42. The number of likely N-dealkylation sites (tertiary alicyclic amines) is 1. The molecule has 1 saturated heterocycles. The first-order chi connectivity index (χ1) is 15.0. The average molecular weight is 427 g/mol. The van der Waals surface area contributed by atoms with Crippen LogP contribution in [0.4, 0.5) is 11.4 Å². The van der Waals surface area contributed by atoms with Crippen molar-refractivity contribution in [2.75, 3.05) is 32.3 Å². The second-order valence-electron chi connectivity index (χ2n) is 7.88. The first-order valence-electron chi connectivity index (χ1n) is 10.2. The van der Waals surface area contributed by atoms with Gasteiger partial charge in [0.25, 0.3) is 5.69 Å². The number of rotatable bonds is 6. The zero-order valence-corrected chi connectivity index (χ0v) is 17.5. The second-order valence-corrected chi connectivity index (χ2v) is 7.88. The number of carbonyl (C=O) groups is 1. The maximum absolute atomic E-state index is 13.5. The van der Waals surface area contributed by atoms with Crippen molar-refractivity contribution in [1.82, 2.24) is 4.90 Å². The molecular formula is C22H25N3O6. The molecule has 1 amide bonds. The average Bonchev–Trinajstić information content (AvgIpc) is 3.21. The van der Waals surface area contributed by atoms with E-state index in [0.29, 0.717) is 47.5 Å². The highest BCUT2D eigenvalue weighted by atomic mass is 16.7. The summed E-state index contributed by atoms with van der Waals surface area (Å²) in [6.07, 6.45) is 1.98. The number of methoxy groups -OCH3 is 1. The molecule has 2 aromatic rings. The summed E-state index contributed by atoms with van der Waals surface area (Å²) in [6, 6.07) is 9.05. The maximum Gasteiger partial charge on any atom is 0.278 e. The number of nitro groups is 1. The van der Waals surface area contributed by atoms with Crippen molar-refractivity contribution in [3.63, 3.8) is 0 Å². The number of nitrogens with zero attached hydrogens (tertiary/aromatic N) is 2. The van der Waals surface area contributed by atoms with Crippen LogP contribution >= 0.6 is 0 Å². The Balaban J connectivity index is 1.72. The predicted molar refractivity (Wildman–Crippen MR) is 114 cm³/mol. The minimum atomic E-state index is -0.834. The summed E-state index contributed by atoms with van der Waals surface area (Å²) in [7, 11) is 1.57. The molecule has 9 heteroatoms. The van der Waals surface area contributed by atoms with Gasteiger partial charge in [-0.05, 0) is 55.6 Å². The summed E-state index contributed by atoms with van der Waals surface area (Å²) in [5.41, 5.74) is 0.732. The van der Waals surface area contributed by atoms with Crippen molar-refractivity contribution < 1.29 is 23.9 Å². The van der Waals surface area contributed by atoms with E-state index < -0.39 is 11.0 Å². The maximum atomic E-state index is 13.5. The molecule has 1 fully saturated rings. The van der Waals surface area contributed by atoms with Gasteiger partial charge >= 0.3 is 0 Å². The van der Waals surface area contributed by atoms with Gasteiger partial charge in [-0.1, -0.05) is 6.92 Å². The molecule has 0 spiro atoms. The fourth-order valence-corrected chi connectivity index (χ4v) is 4.17. The van der Waals surface area contributed by atoms with Crippen LogP contribution in [0.2, 0.25) is 0 Å².